The number of methoxy groups -OCH3 is 1. The first-order chi connectivity index (χ1) is 54.9. The van der Waals surface area contributed by atoms with Crippen LogP contribution in [0.5, 0.6) is 0 Å². The van der Waals surface area contributed by atoms with E-state index in [4.69, 9.17) is 80.5 Å². The first-order valence-corrected chi connectivity index (χ1v) is 40.9. The highest BCUT2D eigenvalue weighted by atomic mass is 16.7. The molecule has 117 heavy (non-hydrogen) atoms. The van der Waals surface area contributed by atoms with E-state index in [0.717, 1.165) is 19.3 Å². The second-order valence-electron chi connectivity index (χ2n) is 36.8. The number of esters is 16. The maximum atomic E-state index is 12.1. The molecule has 7 heterocycles. The van der Waals surface area contributed by atoms with Gasteiger partial charge in [-0.3, -0.25) is 52.7 Å². The second-order valence-corrected chi connectivity index (χ2v) is 36.8. The second kappa shape index (κ2) is 34.0. The van der Waals surface area contributed by atoms with Gasteiger partial charge in [-0.15, -0.1) is 0 Å². The Morgan fingerprint density at radius 3 is 1.22 bits per heavy atom. The van der Waals surface area contributed by atoms with Crippen LogP contribution >= 0.6 is 0 Å². The fourth-order valence-corrected chi connectivity index (χ4v) is 19.1. The average Bonchev–Trinajstić information content (AvgIpc) is 1.55. The maximum Gasteiger partial charge on any atom is 0.344 e. The molecule has 0 N–H and O–H groups in total. The third kappa shape index (κ3) is 17.0. The standard InChI is InChI=1S/C18H24O8.C17H21NO6.C17H24O6.C16H22O6.C15H20O7/c1-5-18(2,3)17(22)24-7-10(19)25-13-8-6-9-12(11(8)15(20)23-4)16(21)26-14(9)13;1-4-16(2,3)14(20)22-7-11(19)23-12-9-5-10-13(12)24-15(21)17(10,6-9)8-18;1-5-17(3,4)16(20)21-7-11(18)22-13-9-6-10-12(8(9)2)15(19)23-14(10)13;1-4-16(2,3)15(19)20-7-11(17)21-12-8-5-9-10(6-8)14(18)22-13(9)12;1-4-15(2,3)14(18)19-6-9(16)21-11-8-5-7-10(20-8)12(11)22-13(7)17/h8-9,11-14H,5-7H2,1-4H3;9-10,12-13H,4-7H2,1-3H3;8-10,12-14H,5-7H2,1-4H3;8-10,12-13H,4-7H2,1-3H3;7-8,10-12H,4-6H2,1-3H3. The van der Waals surface area contributed by atoms with Gasteiger partial charge in [0.05, 0.1) is 75.9 Å². The van der Waals surface area contributed by atoms with Crippen molar-refractivity contribution in [3.8, 4) is 6.07 Å². The Balaban J connectivity index is 0.000000144. The molecular formula is C83H111NO33. The van der Waals surface area contributed by atoms with Crippen LogP contribution in [0.15, 0.2) is 0 Å². The number of nitriles is 1. The number of carbonyl (C=O) groups excluding carboxylic acids is 16. The van der Waals surface area contributed by atoms with E-state index in [1.807, 2.05) is 41.5 Å². The summed E-state index contributed by atoms with van der Waals surface area (Å²) in [5.41, 5.74) is -4.26. The van der Waals surface area contributed by atoms with E-state index >= 15 is 0 Å². The normalized spacial score (nSPS) is 35.8. The zero-order valence-electron chi connectivity index (χ0n) is 69.5. The first-order valence-electron chi connectivity index (χ1n) is 40.9. The topological polar surface area (TPSA) is 454 Å². The fraction of sp³-hybridized carbons (Fsp3) is 0.795. The van der Waals surface area contributed by atoms with Crippen LogP contribution in [0, 0.1) is 127 Å². The molecule has 0 aromatic rings. The van der Waals surface area contributed by atoms with Crippen LogP contribution in [-0.2, 0) is 157 Å². The van der Waals surface area contributed by atoms with Crippen LogP contribution in [-0.4, -0.2) is 209 Å². The number of hydrogen-bond donors (Lipinski definition) is 0. The van der Waals surface area contributed by atoms with Crippen molar-refractivity contribution in [2.75, 3.05) is 40.1 Å². The van der Waals surface area contributed by atoms with E-state index in [9.17, 15) is 82.0 Å². The molecule has 646 valence electrons. The summed E-state index contributed by atoms with van der Waals surface area (Å²) >= 11 is 0. The number of rotatable bonds is 26. The van der Waals surface area contributed by atoms with Gasteiger partial charge in [-0.25, -0.2) is 24.0 Å². The van der Waals surface area contributed by atoms with Gasteiger partial charge in [0.1, 0.15) is 54.9 Å². The van der Waals surface area contributed by atoms with Gasteiger partial charge in [-0.2, -0.15) is 5.26 Å². The van der Waals surface area contributed by atoms with Crippen LogP contribution < -0.4 is 0 Å². The third-order valence-corrected chi connectivity index (χ3v) is 28.0. The summed E-state index contributed by atoms with van der Waals surface area (Å²) in [5, 5.41) is 9.33. The summed E-state index contributed by atoms with van der Waals surface area (Å²) in [7, 11) is 1.27. The SMILES string of the molecule is CCC(C)(C)C(=O)OCC(=O)OC1C2CC3C(=O)OC1C3C2.CCC(C)(C)C(=O)OCC(=O)OC1C2CC3C(=O)OC1C3O2.CCC(C)(C)C(=O)OCC(=O)OC1C2CC3C1OC(=O)C3(C#N)C2.CCC(C)(C)C(=O)OCC(=O)OC1C2CC3C1OC(=O)C3C2C.CCC(C)(C)C(=O)OCC(=O)OC1C2CC3C1OC(=O)C3C2C(=O)OC. The van der Waals surface area contributed by atoms with Crippen LogP contribution in [0.2, 0.25) is 0 Å². The van der Waals surface area contributed by atoms with Crippen LogP contribution in [0.25, 0.3) is 0 Å². The molecule has 15 fully saturated rings. The quantitative estimate of drug-likeness (QED) is 0.0711. The Hall–Kier alpha value is -9.03. The predicted octanol–water partition coefficient (Wildman–Crippen LogP) is 5.97. The lowest BCUT2D eigenvalue weighted by atomic mass is 9.75. The Labute approximate surface area is 678 Å². The minimum Gasteiger partial charge on any atom is -0.469 e. The monoisotopic (exact) mass is 1650 g/mol. The molecule has 7 aliphatic heterocycles. The highest BCUT2D eigenvalue weighted by molar-refractivity contribution is 5.88. The Bertz CT molecular complexity index is 3910. The molecule has 0 aromatic carbocycles. The van der Waals surface area contributed by atoms with E-state index in [2.05, 4.69) is 6.07 Å². The van der Waals surface area contributed by atoms with Crippen molar-refractivity contribution < 1.29 is 157 Å². The van der Waals surface area contributed by atoms with Gasteiger partial charge in [0, 0.05) is 47.3 Å². The molecule has 8 saturated carbocycles. The van der Waals surface area contributed by atoms with Crippen molar-refractivity contribution in [2.45, 2.75) is 261 Å². The molecule has 8 aliphatic carbocycles. The van der Waals surface area contributed by atoms with Gasteiger partial charge in [-0.1, -0.05) is 41.5 Å². The smallest absolute Gasteiger partial charge is 0.344 e. The molecule has 27 unspecified atom stereocenters. The summed E-state index contributed by atoms with van der Waals surface area (Å²) in [6.45, 7) is 26.7. The highest BCUT2D eigenvalue weighted by Gasteiger charge is 2.74. The van der Waals surface area contributed by atoms with E-state index in [1.165, 1.54) is 7.11 Å². The molecular weight excluding hydrogens is 1540 g/mol. The molecule has 15 rings (SSSR count). The van der Waals surface area contributed by atoms with Crippen LogP contribution in [0.1, 0.15) is 188 Å². The molecule has 34 heteroatoms. The zero-order valence-corrected chi connectivity index (χ0v) is 69.5. The van der Waals surface area contributed by atoms with Gasteiger partial charge < -0.3 is 80.5 Å². The van der Waals surface area contributed by atoms with Crippen molar-refractivity contribution >= 4 is 95.5 Å². The lowest BCUT2D eigenvalue weighted by molar-refractivity contribution is -0.174. The van der Waals surface area contributed by atoms with Crippen LogP contribution in [0.4, 0.5) is 0 Å². The molecule has 0 radical (unpaired) electrons. The number of ether oxygens (including phenoxy) is 17. The predicted molar refractivity (Wildman–Crippen MR) is 390 cm³/mol. The molecule has 15 aliphatic rings. The average molecular weight is 1650 g/mol. The number of fused-ring (bicyclic) bond motifs is 5. The minimum absolute atomic E-state index is 0.00636. The molecule has 0 aromatic heterocycles. The summed E-state index contributed by atoms with van der Waals surface area (Å²) < 4.78 is 89.2. The lowest BCUT2D eigenvalue weighted by Crippen LogP contribution is -2.44. The highest BCUT2D eigenvalue weighted by Crippen LogP contribution is 2.64. The third-order valence-electron chi connectivity index (χ3n) is 28.0. The van der Waals surface area contributed by atoms with Crippen LogP contribution in [0.3, 0.4) is 0 Å². The van der Waals surface area contributed by atoms with Crippen molar-refractivity contribution in [3.63, 3.8) is 0 Å². The van der Waals surface area contributed by atoms with Crippen molar-refractivity contribution in [1.82, 2.24) is 0 Å². The summed E-state index contributed by atoms with van der Waals surface area (Å²) in [6.07, 6.45) is 2.13. The Morgan fingerprint density at radius 1 is 0.402 bits per heavy atom. The van der Waals surface area contributed by atoms with E-state index in [1.54, 1.807) is 69.2 Å². The van der Waals surface area contributed by atoms with E-state index < -0.39 is 191 Å². The van der Waals surface area contributed by atoms with Crippen molar-refractivity contribution in [1.29, 1.82) is 5.26 Å². The first kappa shape index (κ1) is 88.8. The molecule has 7 saturated heterocycles. The lowest BCUT2D eigenvalue weighted by Gasteiger charge is -2.30. The maximum absolute atomic E-state index is 12.1. The van der Waals surface area contributed by atoms with Gasteiger partial charge in [0.15, 0.2) is 50.7 Å². The molecule has 0 amide bonds. The van der Waals surface area contributed by atoms with Crippen molar-refractivity contribution in [2.24, 2.45) is 115 Å². The Kier molecular flexibility index (Phi) is 25.8. The summed E-state index contributed by atoms with van der Waals surface area (Å²) in [6, 6.07) is 2.10. The molecule has 27 atom stereocenters. The molecule has 34 nitrogen and oxygen atoms in total. The largest absolute Gasteiger partial charge is 0.469 e. The number of nitrogens with zero attached hydrogens (tertiary/aromatic N) is 1. The van der Waals surface area contributed by atoms with Crippen molar-refractivity contribution in [3.05, 3.63) is 0 Å². The summed E-state index contributed by atoms with van der Waals surface area (Å²) in [4.78, 5) is 191. The molecule has 0 spiro atoms. The Morgan fingerprint density at radius 2 is 0.778 bits per heavy atom. The van der Waals surface area contributed by atoms with Gasteiger partial charge in [0.25, 0.3) is 0 Å². The fourth-order valence-electron chi connectivity index (χ4n) is 19.1. The van der Waals surface area contributed by atoms with Gasteiger partial charge >= 0.3 is 95.5 Å². The summed E-state index contributed by atoms with van der Waals surface area (Å²) in [5.74, 6) is -8.69. The molecule has 10 bridgehead atoms. The van der Waals surface area contributed by atoms with E-state index in [0.29, 0.717) is 57.8 Å². The van der Waals surface area contributed by atoms with Gasteiger partial charge in [-0.05, 0) is 152 Å². The number of carbonyl (C=O) groups is 16. The minimum atomic E-state index is -1.06. The van der Waals surface area contributed by atoms with E-state index in [-0.39, 0.29) is 126 Å². The van der Waals surface area contributed by atoms with Gasteiger partial charge in [0.2, 0.25) is 0 Å². The zero-order chi connectivity index (χ0) is 86.0. The number of hydrogen-bond acceptors (Lipinski definition) is 34.